The van der Waals surface area contributed by atoms with Crippen molar-refractivity contribution in [3.05, 3.63) is 29.0 Å². The fourth-order valence-corrected chi connectivity index (χ4v) is 1.15. The Morgan fingerprint density at radius 1 is 1.56 bits per heavy atom. The van der Waals surface area contributed by atoms with Crippen LogP contribution in [0.2, 0.25) is 5.02 Å². The van der Waals surface area contributed by atoms with Gasteiger partial charge < -0.3 is 15.2 Å². The molecule has 6 heteroatoms. The molecular weight excluding hydrogens is 237 g/mol. The summed E-state index contributed by atoms with van der Waals surface area (Å²) in [6, 6.07) is 4.28. The first kappa shape index (κ1) is 12.7. The van der Waals surface area contributed by atoms with Crippen LogP contribution in [0.1, 0.15) is 0 Å². The number of hydrogen-bond donors (Lipinski definition) is 2. The van der Waals surface area contributed by atoms with E-state index in [2.05, 4.69) is 5.32 Å². The molecule has 1 rings (SSSR count). The molecule has 1 aromatic carbocycles. The Kier molecular flexibility index (Phi) is 5.01. The molecule has 0 atom stereocenters. The number of amides is 1. The van der Waals surface area contributed by atoms with Crippen LogP contribution in [0, 0.1) is 5.82 Å². The van der Waals surface area contributed by atoms with Gasteiger partial charge >= 0.3 is 0 Å². The fourth-order valence-electron chi connectivity index (χ4n) is 0.985. The first-order valence-corrected chi connectivity index (χ1v) is 4.97. The number of carbonyl (C=O) groups is 1. The number of nitrogens with one attached hydrogen (secondary N) is 1. The Morgan fingerprint density at radius 3 is 3.00 bits per heavy atom. The second-order valence-corrected chi connectivity index (χ2v) is 3.32. The third-order valence-electron chi connectivity index (χ3n) is 1.71. The van der Waals surface area contributed by atoms with Gasteiger partial charge in [0.15, 0.2) is 18.2 Å². The summed E-state index contributed by atoms with van der Waals surface area (Å²) in [6.07, 6.45) is 0. The van der Waals surface area contributed by atoms with E-state index in [1.54, 1.807) is 0 Å². The summed E-state index contributed by atoms with van der Waals surface area (Å²) in [5, 5.41) is 10.8. The summed E-state index contributed by atoms with van der Waals surface area (Å²) in [6.45, 7) is -0.339. The molecule has 2 N–H and O–H groups in total. The van der Waals surface area contributed by atoms with Crippen LogP contribution in [0.25, 0.3) is 0 Å². The lowest BCUT2D eigenvalue weighted by Gasteiger charge is -2.07. The van der Waals surface area contributed by atoms with Gasteiger partial charge in [-0.2, -0.15) is 0 Å². The fraction of sp³-hybridized carbons (Fsp3) is 0.300. The predicted octanol–water partition coefficient (Wildman–Crippen LogP) is 0.966. The van der Waals surface area contributed by atoms with E-state index in [9.17, 15) is 9.18 Å². The van der Waals surface area contributed by atoms with Gasteiger partial charge in [-0.15, -0.1) is 0 Å². The van der Waals surface area contributed by atoms with E-state index in [4.69, 9.17) is 21.4 Å². The normalized spacial score (nSPS) is 9.94. The minimum Gasteiger partial charge on any atom is -0.481 e. The first-order valence-electron chi connectivity index (χ1n) is 4.59. The highest BCUT2D eigenvalue weighted by Gasteiger charge is 2.08. The second kappa shape index (κ2) is 6.30. The van der Waals surface area contributed by atoms with Crippen LogP contribution in [0.3, 0.4) is 0 Å². The van der Waals surface area contributed by atoms with Crippen LogP contribution >= 0.6 is 11.6 Å². The van der Waals surface area contributed by atoms with Crippen LogP contribution in [0.4, 0.5) is 4.39 Å². The van der Waals surface area contributed by atoms with Gasteiger partial charge in [-0.25, -0.2) is 4.39 Å². The summed E-state index contributed by atoms with van der Waals surface area (Å²) in [7, 11) is 0. The maximum atomic E-state index is 13.3. The van der Waals surface area contributed by atoms with Crippen molar-refractivity contribution in [2.45, 2.75) is 0 Å². The highest BCUT2D eigenvalue weighted by molar-refractivity contribution is 6.30. The summed E-state index contributed by atoms with van der Waals surface area (Å²) >= 11 is 5.52. The molecule has 0 saturated carbocycles. The molecular formula is C10H11ClFNO3. The van der Waals surface area contributed by atoms with Crippen LogP contribution in [-0.4, -0.2) is 30.8 Å². The standard InChI is InChI=1S/C10H11ClFNO3/c11-7-2-1-3-8(10(7)12)16-6-9(15)13-4-5-14/h1-3,14H,4-6H2,(H,13,15). The Hall–Kier alpha value is -1.33. The third kappa shape index (κ3) is 3.67. The number of aliphatic hydroxyl groups excluding tert-OH is 1. The number of ether oxygens (including phenoxy) is 1. The molecule has 0 aliphatic carbocycles. The number of halogens is 2. The molecule has 0 fully saturated rings. The number of benzene rings is 1. The van der Waals surface area contributed by atoms with E-state index in [1.165, 1.54) is 18.2 Å². The van der Waals surface area contributed by atoms with E-state index in [1.807, 2.05) is 0 Å². The van der Waals surface area contributed by atoms with Crippen LogP contribution < -0.4 is 10.1 Å². The topological polar surface area (TPSA) is 58.6 Å². The van der Waals surface area contributed by atoms with Crippen molar-refractivity contribution in [2.75, 3.05) is 19.8 Å². The molecule has 0 unspecified atom stereocenters. The van der Waals surface area contributed by atoms with E-state index >= 15 is 0 Å². The predicted molar refractivity (Wildman–Crippen MR) is 57.0 cm³/mol. The molecule has 0 aliphatic rings. The van der Waals surface area contributed by atoms with Crippen LogP contribution in [0.5, 0.6) is 5.75 Å². The van der Waals surface area contributed by atoms with Crippen molar-refractivity contribution >= 4 is 17.5 Å². The number of hydrogen-bond acceptors (Lipinski definition) is 3. The molecule has 1 aromatic rings. The Labute approximate surface area is 97.0 Å². The van der Waals surface area contributed by atoms with Gasteiger partial charge in [0.2, 0.25) is 0 Å². The third-order valence-corrected chi connectivity index (χ3v) is 2.00. The molecule has 1 amide bonds. The Balaban J connectivity index is 2.48. The summed E-state index contributed by atoms with van der Waals surface area (Å²) in [5.41, 5.74) is 0. The lowest BCUT2D eigenvalue weighted by Crippen LogP contribution is -2.31. The maximum Gasteiger partial charge on any atom is 0.258 e. The number of carbonyl (C=O) groups excluding carboxylic acids is 1. The minimum atomic E-state index is -0.695. The second-order valence-electron chi connectivity index (χ2n) is 2.91. The summed E-state index contributed by atoms with van der Waals surface area (Å²) < 4.78 is 18.2. The molecule has 0 radical (unpaired) electrons. The van der Waals surface area contributed by atoms with Crippen LogP contribution in [0.15, 0.2) is 18.2 Å². The van der Waals surface area contributed by atoms with Gasteiger partial charge in [0.1, 0.15) is 0 Å². The van der Waals surface area contributed by atoms with Gasteiger partial charge in [-0.05, 0) is 12.1 Å². The van der Waals surface area contributed by atoms with E-state index in [0.29, 0.717) is 0 Å². The summed E-state index contributed by atoms with van der Waals surface area (Å²) in [5.74, 6) is -1.21. The van der Waals surface area contributed by atoms with Crippen molar-refractivity contribution in [3.8, 4) is 5.75 Å². The average molecular weight is 248 g/mol. The SMILES string of the molecule is O=C(COc1cccc(Cl)c1F)NCCO. The van der Waals surface area contributed by atoms with Crippen molar-refractivity contribution in [3.63, 3.8) is 0 Å². The molecule has 0 spiro atoms. The Morgan fingerprint density at radius 2 is 2.31 bits per heavy atom. The van der Waals surface area contributed by atoms with E-state index in [-0.39, 0.29) is 30.5 Å². The molecule has 0 aromatic heterocycles. The number of rotatable bonds is 5. The largest absolute Gasteiger partial charge is 0.481 e. The zero-order valence-electron chi connectivity index (χ0n) is 8.37. The van der Waals surface area contributed by atoms with Gasteiger partial charge in [-0.3, -0.25) is 4.79 Å². The summed E-state index contributed by atoms with van der Waals surface area (Å²) in [4.78, 5) is 11.1. The van der Waals surface area contributed by atoms with E-state index in [0.717, 1.165) is 0 Å². The lowest BCUT2D eigenvalue weighted by atomic mass is 10.3. The smallest absolute Gasteiger partial charge is 0.258 e. The van der Waals surface area contributed by atoms with Crippen LogP contribution in [-0.2, 0) is 4.79 Å². The highest BCUT2D eigenvalue weighted by atomic mass is 35.5. The van der Waals surface area contributed by atoms with Gasteiger partial charge in [-0.1, -0.05) is 17.7 Å². The molecule has 0 bridgehead atoms. The average Bonchev–Trinajstić information content (AvgIpc) is 2.28. The van der Waals surface area contributed by atoms with Gasteiger partial charge in [0.25, 0.3) is 5.91 Å². The van der Waals surface area contributed by atoms with Gasteiger partial charge in [0, 0.05) is 6.54 Å². The zero-order chi connectivity index (χ0) is 12.0. The molecule has 4 nitrogen and oxygen atoms in total. The van der Waals surface area contributed by atoms with Crippen molar-refractivity contribution in [2.24, 2.45) is 0 Å². The molecule has 0 heterocycles. The quantitative estimate of drug-likeness (QED) is 0.815. The molecule has 16 heavy (non-hydrogen) atoms. The monoisotopic (exact) mass is 247 g/mol. The zero-order valence-corrected chi connectivity index (χ0v) is 9.13. The minimum absolute atomic E-state index is 0.0618. The Bertz CT molecular complexity index is 373. The highest BCUT2D eigenvalue weighted by Crippen LogP contribution is 2.23. The van der Waals surface area contributed by atoms with Gasteiger partial charge in [0.05, 0.1) is 11.6 Å². The number of aliphatic hydroxyl groups is 1. The first-order chi connectivity index (χ1) is 7.65. The molecule has 0 aliphatic heterocycles. The maximum absolute atomic E-state index is 13.3. The van der Waals surface area contributed by atoms with Crippen molar-refractivity contribution in [1.29, 1.82) is 0 Å². The van der Waals surface area contributed by atoms with Crippen molar-refractivity contribution < 1.29 is 19.0 Å². The molecule has 88 valence electrons. The van der Waals surface area contributed by atoms with Crippen molar-refractivity contribution in [1.82, 2.24) is 5.32 Å². The molecule has 0 saturated heterocycles. The van der Waals surface area contributed by atoms with E-state index < -0.39 is 11.7 Å². The lowest BCUT2D eigenvalue weighted by molar-refractivity contribution is -0.123.